The number of hydrogen-bond acceptors (Lipinski definition) is 4. The van der Waals surface area contributed by atoms with Crippen LogP contribution in [0.4, 0.5) is 0 Å². The Morgan fingerprint density at radius 2 is 2.00 bits per heavy atom. The summed E-state index contributed by atoms with van der Waals surface area (Å²) in [5, 5.41) is 0. The van der Waals surface area contributed by atoms with Gasteiger partial charge in [-0.25, -0.2) is 4.98 Å². The standard InChI is InChI=1S/C14H20N4O/c1-17-8-2-4-12(17)13-5-3-9-18(13)14(19)11-10-15-6-7-16-11/h6-7,10,12-13H,2-5,8-9H2,1H3/t12-,13+/m0/s1. The van der Waals surface area contributed by atoms with Gasteiger partial charge in [0.1, 0.15) is 5.69 Å². The number of carbonyl (C=O) groups is 1. The normalized spacial score (nSPS) is 27.9. The Balaban J connectivity index is 1.78. The van der Waals surface area contributed by atoms with Crippen molar-refractivity contribution in [1.29, 1.82) is 0 Å². The van der Waals surface area contributed by atoms with Crippen LogP contribution in [0.25, 0.3) is 0 Å². The summed E-state index contributed by atoms with van der Waals surface area (Å²) in [6, 6.07) is 0.866. The Morgan fingerprint density at radius 3 is 2.68 bits per heavy atom. The molecule has 0 spiro atoms. The summed E-state index contributed by atoms with van der Waals surface area (Å²) >= 11 is 0. The van der Waals surface area contributed by atoms with E-state index in [1.807, 2.05) is 4.90 Å². The topological polar surface area (TPSA) is 49.3 Å². The van der Waals surface area contributed by atoms with Gasteiger partial charge in [-0.05, 0) is 39.3 Å². The zero-order valence-corrected chi connectivity index (χ0v) is 11.3. The maximum atomic E-state index is 12.5. The van der Waals surface area contributed by atoms with Crippen LogP contribution in [0.15, 0.2) is 18.6 Å². The first-order valence-corrected chi connectivity index (χ1v) is 7.04. The van der Waals surface area contributed by atoms with Crippen molar-refractivity contribution in [2.45, 2.75) is 37.8 Å². The molecule has 19 heavy (non-hydrogen) atoms. The molecule has 1 aromatic heterocycles. The number of likely N-dealkylation sites (N-methyl/N-ethyl adjacent to an activating group) is 1. The number of aromatic nitrogens is 2. The molecule has 3 heterocycles. The maximum absolute atomic E-state index is 12.5. The van der Waals surface area contributed by atoms with Gasteiger partial charge in [0.2, 0.25) is 0 Å². The van der Waals surface area contributed by atoms with E-state index in [9.17, 15) is 4.79 Å². The largest absolute Gasteiger partial charge is 0.333 e. The predicted octanol–water partition coefficient (Wildman–Crippen LogP) is 1.18. The molecule has 0 saturated carbocycles. The van der Waals surface area contributed by atoms with E-state index >= 15 is 0 Å². The Bertz CT molecular complexity index is 450. The van der Waals surface area contributed by atoms with Crippen LogP contribution in [-0.4, -0.2) is 57.9 Å². The van der Waals surface area contributed by atoms with Gasteiger partial charge in [-0.15, -0.1) is 0 Å². The third kappa shape index (κ3) is 2.34. The van der Waals surface area contributed by atoms with Gasteiger partial charge in [-0.3, -0.25) is 9.78 Å². The highest BCUT2D eigenvalue weighted by molar-refractivity contribution is 5.92. The van der Waals surface area contributed by atoms with Crippen molar-refractivity contribution in [3.8, 4) is 0 Å². The van der Waals surface area contributed by atoms with E-state index in [1.54, 1.807) is 18.6 Å². The highest BCUT2D eigenvalue weighted by Crippen LogP contribution is 2.29. The molecule has 1 amide bonds. The van der Waals surface area contributed by atoms with Gasteiger partial charge in [-0.1, -0.05) is 0 Å². The molecule has 5 nitrogen and oxygen atoms in total. The van der Waals surface area contributed by atoms with Crippen LogP contribution in [0.5, 0.6) is 0 Å². The zero-order chi connectivity index (χ0) is 13.2. The first kappa shape index (κ1) is 12.5. The third-order valence-electron chi connectivity index (χ3n) is 4.36. The van der Waals surface area contributed by atoms with Crippen molar-refractivity contribution in [3.05, 3.63) is 24.3 Å². The summed E-state index contributed by atoms with van der Waals surface area (Å²) in [5.41, 5.74) is 0.468. The average molecular weight is 260 g/mol. The van der Waals surface area contributed by atoms with Crippen LogP contribution in [0.3, 0.4) is 0 Å². The summed E-state index contributed by atoms with van der Waals surface area (Å²) in [7, 11) is 2.17. The van der Waals surface area contributed by atoms with Gasteiger partial charge < -0.3 is 9.80 Å². The molecule has 0 aromatic carbocycles. The quantitative estimate of drug-likeness (QED) is 0.801. The molecule has 0 bridgehead atoms. The summed E-state index contributed by atoms with van der Waals surface area (Å²) in [6.45, 7) is 2.00. The summed E-state index contributed by atoms with van der Waals surface area (Å²) in [5.74, 6) is 0.0379. The van der Waals surface area contributed by atoms with Crippen molar-refractivity contribution in [3.63, 3.8) is 0 Å². The van der Waals surface area contributed by atoms with Crippen LogP contribution in [0, 0.1) is 0 Å². The molecule has 102 valence electrons. The van der Waals surface area contributed by atoms with E-state index < -0.39 is 0 Å². The Morgan fingerprint density at radius 1 is 1.21 bits per heavy atom. The van der Waals surface area contributed by atoms with Gasteiger partial charge in [0.05, 0.1) is 6.20 Å². The van der Waals surface area contributed by atoms with Crippen LogP contribution in [0.2, 0.25) is 0 Å². The molecule has 2 atom stereocenters. The van der Waals surface area contributed by atoms with E-state index in [4.69, 9.17) is 0 Å². The second-order valence-corrected chi connectivity index (χ2v) is 5.49. The van der Waals surface area contributed by atoms with Crippen molar-refractivity contribution < 1.29 is 4.79 Å². The summed E-state index contributed by atoms with van der Waals surface area (Å²) < 4.78 is 0. The summed E-state index contributed by atoms with van der Waals surface area (Å²) in [6.07, 6.45) is 9.40. The minimum Gasteiger partial charge on any atom is -0.333 e. The fraction of sp³-hybridized carbons (Fsp3) is 0.643. The molecule has 0 unspecified atom stereocenters. The lowest BCUT2D eigenvalue weighted by molar-refractivity contribution is 0.0658. The molecule has 0 radical (unpaired) electrons. The van der Waals surface area contributed by atoms with E-state index in [2.05, 4.69) is 21.9 Å². The number of amides is 1. The second-order valence-electron chi connectivity index (χ2n) is 5.49. The monoisotopic (exact) mass is 260 g/mol. The van der Waals surface area contributed by atoms with Gasteiger partial charge in [-0.2, -0.15) is 0 Å². The highest BCUT2D eigenvalue weighted by atomic mass is 16.2. The lowest BCUT2D eigenvalue weighted by Crippen LogP contribution is -2.47. The molecule has 2 saturated heterocycles. The van der Waals surface area contributed by atoms with Gasteiger partial charge in [0, 0.05) is 31.0 Å². The fourth-order valence-corrected chi connectivity index (χ4v) is 3.42. The minimum atomic E-state index is 0.0379. The lowest BCUT2D eigenvalue weighted by atomic mass is 10.0. The number of rotatable bonds is 2. The molecule has 2 aliphatic heterocycles. The maximum Gasteiger partial charge on any atom is 0.274 e. The van der Waals surface area contributed by atoms with Gasteiger partial charge >= 0.3 is 0 Å². The summed E-state index contributed by atoms with van der Waals surface area (Å²) in [4.78, 5) is 25.1. The second kappa shape index (κ2) is 5.25. The Hall–Kier alpha value is -1.49. The average Bonchev–Trinajstić information content (AvgIpc) is 3.07. The molecule has 5 heteroatoms. The van der Waals surface area contributed by atoms with Crippen molar-refractivity contribution in [2.75, 3.05) is 20.1 Å². The van der Waals surface area contributed by atoms with Crippen LogP contribution < -0.4 is 0 Å². The first-order chi connectivity index (χ1) is 9.27. The first-order valence-electron chi connectivity index (χ1n) is 7.04. The van der Waals surface area contributed by atoms with E-state index in [-0.39, 0.29) is 5.91 Å². The molecule has 2 fully saturated rings. The zero-order valence-electron chi connectivity index (χ0n) is 11.3. The fourth-order valence-electron chi connectivity index (χ4n) is 3.42. The Kier molecular flexibility index (Phi) is 3.46. The van der Waals surface area contributed by atoms with Crippen molar-refractivity contribution in [2.24, 2.45) is 0 Å². The van der Waals surface area contributed by atoms with Crippen molar-refractivity contribution in [1.82, 2.24) is 19.8 Å². The predicted molar refractivity (Wildman–Crippen MR) is 71.7 cm³/mol. The Labute approximate surface area is 113 Å². The highest BCUT2D eigenvalue weighted by Gasteiger charge is 2.38. The number of carbonyl (C=O) groups excluding carboxylic acids is 1. The molecule has 2 aliphatic rings. The van der Waals surface area contributed by atoms with Crippen molar-refractivity contribution >= 4 is 5.91 Å². The van der Waals surface area contributed by atoms with E-state index in [0.29, 0.717) is 17.8 Å². The van der Waals surface area contributed by atoms with Gasteiger partial charge in [0.15, 0.2) is 0 Å². The van der Waals surface area contributed by atoms with Crippen LogP contribution in [0.1, 0.15) is 36.2 Å². The van der Waals surface area contributed by atoms with Gasteiger partial charge in [0.25, 0.3) is 5.91 Å². The lowest BCUT2D eigenvalue weighted by Gasteiger charge is -2.33. The molecule has 0 aliphatic carbocycles. The van der Waals surface area contributed by atoms with E-state index in [0.717, 1.165) is 25.9 Å². The third-order valence-corrected chi connectivity index (χ3v) is 4.36. The molecular formula is C14H20N4O. The van der Waals surface area contributed by atoms with Crippen LogP contribution in [-0.2, 0) is 0 Å². The number of nitrogens with zero attached hydrogens (tertiary/aromatic N) is 4. The number of likely N-dealkylation sites (tertiary alicyclic amines) is 2. The van der Waals surface area contributed by atoms with E-state index in [1.165, 1.54) is 12.8 Å². The smallest absolute Gasteiger partial charge is 0.274 e. The molecule has 3 rings (SSSR count). The molecule has 0 N–H and O–H groups in total. The minimum absolute atomic E-state index is 0.0379. The van der Waals surface area contributed by atoms with Crippen LogP contribution >= 0.6 is 0 Å². The number of hydrogen-bond donors (Lipinski definition) is 0. The SMILES string of the molecule is CN1CCC[C@H]1[C@H]1CCCN1C(=O)c1cnccn1. The molecule has 1 aromatic rings. The molecular weight excluding hydrogens is 240 g/mol.